The molecular weight excluding hydrogens is 297 g/mol. The van der Waals surface area contributed by atoms with Gasteiger partial charge < -0.3 is 10.0 Å². The fraction of sp³-hybridized carbons (Fsp3) is 0.467. The molecule has 4 nitrogen and oxygen atoms in total. The Morgan fingerprint density at radius 1 is 1.38 bits per heavy atom. The standard InChI is InChI=1S/C15H17ClFNO3/c1-18(8-11-7-12(16)4-5-13(11)17)14(19)9-2-3-10(6-9)15(20)21/h4-5,7,9-10H,2-3,6,8H2,1H3,(H,20,21)/t9-,10+/m1/s1. The molecule has 1 aliphatic carbocycles. The minimum Gasteiger partial charge on any atom is -0.481 e. The Morgan fingerprint density at radius 2 is 2.05 bits per heavy atom. The number of hydrogen-bond donors (Lipinski definition) is 1. The van der Waals surface area contributed by atoms with Crippen molar-refractivity contribution in [2.45, 2.75) is 25.8 Å². The second kappa shape index (κ2) is 6.43. The third kappa shape index (κ3) is 3.73. The van der Waals surface area contributed by atoms with E-state index < -0.39 is 17.7 Å². The number of carboxylic acid groups (broad SMARTS) is 1. The molecule has 1 aromatic carbocycles. The molecule has 0 spiro atoms. The van der Waals surface area contributed by atoms with E-state index in [0.29, 0.717) is 29.8 Å². The van der Waals surface area contributed by atoms with Crippen molar-refractivity contribution >= 4 is 23.5 Å². The molecule has 6 heteroatoms. The zero-order valence-electron chi connectivity index (χ0n) is 11.7. The quantitative estimate of drug-likeness (QED) is 0.929. The topological polar surface area (TPSA) is 57.6 Å². The smallest absolute Gasteiger partial charge is 0.306 e. The van der Waals surface area contributed by atoms with Gasteiger partial charge in [0.05, 0.1) is 5.92 Å². The van der Waals surface area contributed by atoms with Gasteiger partial charge in [0, 0.05) is 30.1 Å². The van der Waals surface area contributed by atoms with Crippen molar-refractivity contribution in [2.75, 3.05) is 7.05 Å². The van der Waals surface area contributed by atoms with Gasteiger partial charge in [-0.15, -0.1) is 0 Å². The maximum Gasteiger partial charge on any atom is 0.306 e. The summed E-state index contributed by atoms with van der Waals surface area (Å²) in [4.78, 5) is 24.6. The van der Waals surface area contributed by atoms with Crippen molar-refractivity contribution in [2.24, 2.45) is 11.8 Å². The molecule has 0 aliphatic heterocycles. The Hall–Kier alpha value is -1.62. The minimum atomic E-state index is -0.853. The molecule has 0 aromatic heterocycles. The van der Waals surface area contributed by atoms with Gasteiger partial charge in [0.2, 0.25) is 5.91 Å². The minimum absolute atomic E-state index is 0.124. The van der Waals surface area contributed by atoms with E-state index in [2.05, 4.69) is 0 Å². The van der Waals surface area contributed by atoms with Crippen LogP contribution >= 0.6 is 11.6 Å². The van der Waals surface area contributed by atoms with Crippen LogP contribution in [-0.4, -0.2) is 28.9 Å². The third-order valence-corrected chi connectivity index (χ3v) is 4.16. The van der Waals surface area contributed by atoms with E-state index in [1.807, 2.05) is 0 Å². The van der Waals surface area contributed by atoms with E-state index in [1.165, 1.54) is 23.1 Å². The number of hydrogen-bond acceptors (Lipinski definition) is 2. The molecule has 1 saturated carbocycles. The number of carbonyl (C=O) groups is 2. The molecule has 1 aliphatic rings. The van der Waals surface area contributed by atoms with Crippen LogP contribution in [0.2, 0.25) is 5.02 Å². The first-order valence-corrected chi connectivity index (χ1v) is 7.18. The average Bonchev–Trinajstić information content (AvgIpc) is 2.91. The van der Waals surface area contributed by atoms with E-state index in [4.69, 9.17) is 16.7 Å². The molecular formula is C15H17ClFNO3. The Morgan fingerprint density at radius 3 is 2.67 bits per heavy atom. The van der Waals surface area contributed by atoms with Crippen molar-refractivity contribution < 1.29 is 19.1 Å². The number of rotatable bonds is 4. The summed E-state index contributed by atoms with van der Waals surface area (Å²) in [6, 6.07) is 4.22. The van der Waals surface area contributed by atoms with Crippen LogP contribution in [-0.2, 0) is 16.1 Å². The first kappa shape index (κ1) is 15.8. The highest BCUT2D eigenvalue weighted by Gasteiger charge is 2.35. The molecule has 1 aromatic rings. The molecule has 0 heterocycles. The van der Waals surface area contributed by atoms with Gasteiger partial charge in [-0.1, -0.05) is 11.6 Å². The van der Waals surface area contributed by atoms with Gasteiger partial charge in [-0.05, 0) is 37.5 Å². The predicted molar refractivity (Wildman–Crippen MR) is 76.4 cm³/mol. The van der Waals surface area contributed by atoms with E-state index >= 15 is 0 Å². The molecule has 0 unspecified atom stereocenters. The van der Waals surface area contributed by atoms with Gasteiger partial charge >= 0.3 is 5.97 Å². The SMILES string of the molecule is CN(Cc1cc(Cl)ccc1F)C(=O)[C@@H]1CC[C@H](C(=O)O)C1. The predicted octanol–water partition coefficient (Wildman–Crippen LogP) is 2.94. The van der Waals surface area contributed by atoms with Crippen molar-refractivity contribution in [3.63, 3.8) is 0 Å². The molecule has 21 heavy (non-hydrogen) atoms. The zero-order valence-corrected chi connectivity index (χ0v) is 12.4. The Balaban J connectivity index is 2.00. The number of benzene rings is 1. The molecule has 1 fully saturated rings. The highest BCUT2D eigenvalue weighted by atomic mass is 35.5. The second-order valence-electron chi connectivity index (χ2n) is 5.48. The van der Waals surface area contributed by atoms with Crippen molar-refractivity contribution in [3.05, 3.63) is 34.6 Å². The molecule has 1 N–H and O–H groups in total. The first-order valence-electron chi connectivity index (χ1n) is 6.80. The number of halogens is 2. The molecule has 0 radical (unpaired) electrons. The summed E-state index contributed by atoms with van der Waals surface area (Å²) < 4.78 is 13.7. The summed E-state index contributed by atoms with van der Waals surface area (Å²) in [5.74, 6) is -2.14. The van der Waals surface area contributed by atoms with Crippen LogP contribution in [0.25, 0.3) is 0 Å². The zero-order chi connectivity index (χ0) is 15.6. The maximum absolute atomic E-state index is 13.7. The summed E-state index contributed by atoms with van der Waals surface area (Å²) in [6.07, 6.45) is 1.44. The fourth-order valence-corrected chi connectivity index (χ4v) is 2.93. The van der Waals surface area contributed by atoms with E-state index in [-0.39, 0.29) is 18.4 Å². The second-order valence-corrected chi connectivity index (χ2v) is 5.91. The number of nitrogens with zero attached hydrogens (tertiary/aromatic N) is 1. The number of carboxylic acids is 1. The van der Waals surface area contributed by atoms with Gasteiger partial charge in [-0.2, -0.15) is 0 Å². The molecule has 1 amide bonds. The summed E-state index contributed by atoms with van der Waals surface area (Å²) >= 11 is 5.83. The maximum atomic E-state index is 13.7. The molecule has 2 rings (SSSR count). The van der Waals surface area contributed by atoms with Gasteiger partial charge in [0.15, 0.2) is 0 Å². The van der Waals surface area contributed by atoms with E-state index in [1.54, 1.807) is 7.05 Å². The van der Waals surface area contributed by atoms with Crippen molar-refractivity contribution in [1.29, 1.82) is 0 Å². The highest BCUT2D eigenvalue weighted by Crippen LogP contribution is 2.32. The van der Waals surface area contributed by atoms with E-state index in [0.717, 1.165) is 0 Å². The van der Waals surface area contributed by atoms with Crippen LogP contribution in [0.5, 0.6) is 0 Å². The number of aliphatic carboxylic acids is 1. The number of amides is 1. The third-order valence-electron chi connectivity index (χ3n) is 3.92. The highest BCUT2D eigenvalue weighted by molar-refractivity contribution is 6.30. The Kier molecular flexibility index (Phi) is 4.83. The number of carbonyl (C=O) groups excluding carboxylic acids is 1. The van der Waals surface area contributed by atoms with Gasteiger partial charge in [0.25, 0.3) is 0 Å². The van der Waals surface area contributed by atoms with Crippen LogP contribution in [0.3, 0.4) is 0 Å². The van der Waals surface area contributed by atoms with Crippen LogP contribution in [0, 0.1) is 17.7 Å². The summed E-state index contributed by atoms with van der Waals surface area (Å²) in [6.45, 7) is 0.124. The summed E-state index contributed by atoms with van der Waals surface area (Å²) in [5.41, 5.74) is 0.353. The monoisotopic (exact) mass is 313 g/mol. The van der Waals surface area contributed by atoms with Gasteiger partial charge in [-0.25, -0.2) is 4.39 Å². The fourth-order valence-electron chi connectivity index (χ4n) is 2.74. The van der Waals surface area contributed by atoms with Crippen molar-refractivity contribution in [1.82, 2.24) is 4.90 Å². The van der Waals surface area contributed by atoms with Crippen molar-refractivity contribution in [3.8, 4) is 0 Å². The molecule has 114 valence electrons. The largest absolute Gasteiger partial charge is 0.481 e. The summed E-state index contributed by atoms with van der Waals surface area (Å²) in [7, 11) is 1.59. The first-order chi connectivity index (χ1) is 9.88. The molecule has 0 bridgehead atoms. The Labute approximate surface area is 127 Å². The van der Waals surface area contributed by atoms with Gasteiger partial charge in [0.1, 0.15) is 5.82 Å². The molecule has 2 atom stereocenters. The van der Waals surface area contributed by atoms with Crippen LogP contribution in [0.4, 0.5) is 4.39 Å². The average molecular weight is 314 g/mol. The lowest BCUT2D eigenvalue weighted by Gasteiger charge is -2.21. The Bertz CT molecular complexity index is 564. The van der Waals surface area contributed by atoms with Gasteiger partial charge in [-0.3, -0.25) is 9.59 Å². The lowest BCUT2D eigenvalue weighted by atomic mass is 10.0. The van der Waals surface area contributed by atoms with Crippen LogP contribution in [0.1, 0.15) is 24.8 Å². The normalized spacial score (nSPS) is 21.3. The summed E-state index contributed by atoms with van der Waals surface area (Å²) in [5, 5.41) is 9.38. The lowest BCUT2D eigenvalue weighted by molar-refractivity contribution is -0.141. The lowest BCUT2D eigenvalue weighted by Crippen LogP contribution is -2.32. The van der Waals surface area contributed by atoms with Crippen LogP contribution in [0.15, 0.2) is 18.2 Å². The van der Waals surface area contributed by atoms with E-state index in [9.17, 15) is 14.0 Å². The van der Waals surface area contributed by atoms with Crippen LogP contribution < -0.4 is 0 Å². The molecule has 0 saturated heterocycles.